The Hall–Kier alpha value is -1.99. The molecule has 0 fully saturated rings. The molecule has 0 aliphatic heterocycles. The molecule has 0 radical (unpaired) electrons. The molecular formula is C11H13FN2O4. The number of rotatable bonds is 6. The molecule has 1 aromatic rings. The number of benzene rings is 1. The normalized spacial score (nSPS) is 10.1. The summed E-state index contributed by atoms with van der Waals surface area (Å²) in [5.74, 6) is -2.94. The third-order valence-corrected chi connectivity index (χ3v) is 2.00. The number of hydrogen-bond donors (Lipinski definition) is 3. The summed E-state index contributed by atoms with van der Waals surface area (Å²) in [7, 11) is 0. The zero-order valence-corrected chi connectivity index (χ0v) is 9.48. The highest BCUT2D eigenvalue weighted by molar-refractivity contribution is 6.01. The predicted molar refractivity (Wildman–Crippen MR) is 61.9 cm³/mol. The Morgan fingerprint density at radius 3 is 2.78 bits per heavy atom. The van der Waals surface area contributed by atoms with Crippen LogP contribution in [0.15, 0.2) is 18.2 Å². The molecule has 0 heterocycles. The van der Waals surface area contributed by atoms with Gasteiger partial charge in [0.05, 0.1) is 12.3 Å². The van der Waals surface area contributed by atoms with Crippen molar-refractivity contribution in [3.63, 3.8) is 0 Å². The van der Waals surface area contributed by atoms with Gasteiger partial charge in [0.15, 0.2) is 0 Å². The molecule has 1 rings (SSSR count). The minimum Gasteiger partial charge on any atom is -0.478 e. The maximum Gasteiger partial charge on any atom is 0.340 e. The van der Waals surface area contributed by atoms with Gasteiger partial charge in [-0.3, -0.25) is 4.79 Å². The minimum atomic E-state index is -1.45. The van der Waals surface area contributed by atoms with E-state index < -0.39 is 23.3 Å². The van der Waals surface area contributed by atoms with E-state index in [4.69, 9.17) is 15.6 Å². The lowest BCUT2D eigenvalue weighted by molar-refractivity contribution is -0.120. The maximum absolute atomic E-state index is 13.3. The van der Waals surface area contributed by atoms with E-state index in [0.717, 1.165) is 6.07 Å². The summed E-state index contributed by atoms with van der Waals surface area (Å²) in [5, 5.41) is 11.1. The second-order valence-corrected chi connectivity index (χ2v) is 3.36. The fourth-order valence-corrected chi connectivity index (χ4v) is 1.28. The smallest absolute Gasteiger partial charge is 0.340 e. The Labute approximate surface area is 103 Å². The summed E-state index contributed by atoms with van der Waals surface area (Å²) >= 11 is 0. The van der Waals surface area contributed by atoms with Gasteiger partial charge in [0.1, 0.15) is 18.0 Å². The zero-order valence-electron chi connectivity index (χ0n) is 9.48. The summed E-state index contributed by atoms with van der Waals surface area (Å²) in [6.07, 6.45) is 0. The van der Waals surface area contributed by atoms with Crippen molar-refractivity contribution in [2.45, 2.75) is 0 Å². The Morgan fingerprint density at radius 1 is 1.44 bits per heavy atom. The maximum atomic E-state index is 13.3. The van der Waals surface area contributed by atoms with Crippen LogP contribution in [0.4, 0.5) is 10.1 Å². The van der Waals surface area contributed by atoms with Gasteiger partial charge < -0.3 is 20.9 Å². The van der Waals surface area contributed by atoms with Gasteiger partial charge in [0.25, 0.3) is 0 Å². The SMILES string of the molecule is NCCOCC(=O)Nc1cccc(F)c1C(=O)O. The van der Waals surface area contributed by atoms with Crippen LogP contribution >= 0.6 is 0 Å². The minimum absolute atomic E-state index is 0.108. The van der Waals surface area contributed by atoms with Gasteiger partial charge in [-0.25, -0.2) is 9.18 Å². The predicted octanol–water partition coefficient (Wildman–Crippen LogP) is 0.438. The van der Waals surface area contributed by atoms with Crippen molar-refractivity contribution in [3.05, 3.63) is 29.6 Å². The fourth-order valence-electron chi connectivity index (χ4n) is 1.28. The quantitative estimate of drug-likeness (QED) is 0.641. The van der Waals surface area contributed by atoms with Crippen LogP contribution < -0.4 is 11.1 Å². The average molecular weight is 256 g/mol. The van der Waals surface area contributed by atoms with E-state index in [0.29, 0.717) is 0 Å². The van der Waals surface area contributed by atoms with Gasteiger partial charge in [0.2, 0.25) is 5.91 Å². The van der Waals surface area contributed by atoms with Gasteiger partial charge in [-0.1, -0.05) is 6.07 Å². The number of halogens is 1. The van der Waals surface area contributed by atoms with Crippen LogP contribution in [0.3, 0.4) is 0 Å². The van der Waals surface area contributed by atoms with Crippen LogP contribution in [-0.4, -0.2) is 36.7 Å². The number of amides is 1. The van der Waals surface area contributed by atoms with Crippen LogP contribution in [0.2, 0.25) is 0 Å². The van der Waals surface area contributed by atoms with Crippen LogP contribution in [0.25, 0.3) is 0 Å². The largest absolute Gasteiger partial charge is 0.478 e. The number of ether oxygens (including phenoxy) is 1. The van der Waals surface area contributed by atoms with Crippen molar-refractivity contribution in [1.29, 1.82) is 0 Å². The summed E-state index contributed by atoms with van der Waals surface area (Å²) in [6, 6.07) is 3.61. The molecule has 1 aromatic carbocycles. The summed E-state index contributed by atoms with van der Waals surface area (Å²) < 4.78 is 18.1. The van der Waals surface area contributed by atoms with Crippen molar-refractivity contribution in [2.75, 3.05) is 25.1 Å². The molecule has 0 unspecified atom stereocenters. The fraction of sp³-hybridized carbons (Fsp3) is 0.273. The van der Waals surface area contributed by atoms with E-state index in [1.807, 2.05) is 0 Å². The third kappa shape index (κ3) is 3.79. The number of carboxylic acids is 1. The van der Waals surface area contributed by atoms with Gasteiger partial charge in [0, 0.05) is 6.54 Å². The summed E-state index contributed by atoms with van der Waals surface area (Å²) in [5.41, 5.74) is 4.48. The molecule has 0 aromatic heterocycles. The standard InChI is InChI=1S/C11H13FN2O4/c12-7-2-1-3-8(10(7)11(16)17)14-9(15)6-18-5-4-13/h1-3H,4-6,13H2,(H,14,15)(H,16,17). The number of carbonyl (C=O) groups excluding carboxylic acids is 1. The Balaban J connectivity index is 2.75. The van der Waals surface area contributed by atoms with Crippen molar-refractivity contribution < 1.29 is 23.8 Å². The van der Waals surface area contributed by atoms with Crippen LogP contribution in [0.1, 0.15) is 10.4 Å². The molecule has 0 bridgehead atoms. The highest BCUT2D eigenvalue weighted by Gasteiger charge is 2.17. The number of carbonyl (C=O) groups is 2. The molecule has 0 aliphatic rings. The molecule has 0 spiro atoms. The molecule has 0 saturated carbocycles. The van der Waals surface area contributed by atoms with Crippen molar-refractivity contribution in [3.8, 4) is 0 Å². The summed E-state index contributed by atoms with van der Waals surface area (Å²) in [6.45, 7) is 0.211. The topological polar surface area (TPSA) is 102 Å². The number of nitrogens with two attached hydrogens (primary N) is 1. The van der Waals surface area contributed by atoms with Gasteiger partial charge in [-0.15, -0.1) is 0 Å². The third-order valence-electron chi connectivity index (χ3n) is 2.00. The lowest BCUT2D eigenvalue weighted by Gasteiger charge is -2.09. The number of anilines is 1. The van der Waals surface area contributed by atoms with Crippen molar-refractivity contribution in [1.82, 2.24) is 0 Å². The number of hydrogen-bond acceptors (Lipinski definition) is 4. The first-order valence-corrected chi connectivity index (χ1v) is 5.15. The van der Waals surface area contributed by atoms with E-state index >= 15 is 0 Å². The van der Waals surface area contributed by atoms with Crippen molar-refractivity contribution >= 4 is 17.6 Å². The molecule has 7 heteroatoms. The van der Waals surface area contributed by atoms with Crippen LogP contribution in [0.5, 0.6) is 0 Å². The monoisotopic (exact) mass is 256 g/mol. The molecule has 0 saturated heterocycles. The highest BCUT2D eigenvalue weighted by Crippen LogP contribution is 2.18. The molecule has 4 N–H and O–H groups in total. The highest BCUT2D eigenvalue weighted by atomic mass is 19.1. The molecule has 18 heavy (non-hydrogen) atoms. The first kappa shape index (κ1) is 14.1. The Kier molecular flexibility index (Phi) is 5.22. The van der Waals surface area contributed by atoms with Gasteiger partial charge in [-0.2, -0.15) is 0 Å². The molecule has 1 amide bonds. The van der Waals surface area contributed by atoms with Gasteiger partial charge in [-0.05, 0) is 12.1 Å². The lowest BCUT2D eigenvalue weighted by Crippen LogP contribution is -2.22. The Bertz CT molecular complexity index is 451. The zero-order chi connectivity index (χ0) is 13.5. The average Bonchev–Trinajstić information content (AvgIpc) is 2.28. The van der Waals surface area contributed by atoms with Gasteiger partial charge >= 0.3 is 5.97 Å². The first-order valence-electron chi connectivity index (χ1n) is 5.15. The van der Waals surface area contributed by atoms with Crippen LogP contribution in [0, 0.1) is 5.82 Å². The van der Waals surface area contributed by atoms with Crippen LogP contribution in [-0.2, 0) is 9.53 Å². The first-order chi connectivity index (χ1) is 8.56. The molecule has 0 atom stereocenters. The second kappa shape index (κ2) is 6.67. The summed E-state index contributed by atoms with van der Waals surface area (Å²) in [4.78, 5) is 22.2. The van der Waals surface area contributed by atoms with E-state index in [-0.39, 0.29) is 25.4 Å². The molecule has 0 aliphatic carbocycles. The van der Waals surface area contributed by atoms with E-state index in [1.54, 1.807) is 0 Å². The molecule has 6 nitrogen and oxygen atoms in total. The van der Waals surface area contributed by atoms with E-state index in [1.165, 1.54) is 12.1 Å². The number of carboxylic acid groups (broad SMARTS) is 1. The lowest BCUT2D eigenvalue weighted by atomic mass is 10.1. The molecule has 98 valence electrons. The number of nitrogens with one attached hydrogen (secondary N) is 1. The van der Waals surface area contributed by atoms with E-state index in [9.17, 15) is 14.0 Å². The van der Waals surface area contributed by atoms with E-state index in [2.05, 4.69) is 5.32 Å². The Morgan fingerprint density at radius 2 is 2.17 bits per heavy atom. The number of aromatic carboxylic acids is 1. The van der Waals surface area contributed by atoms with Crippen molar-refractivity contribution in [2.24, 2.45) is 5.73 Å². The second-order valence-electron chi connectivity index (χ2n) is 3.36. The molecular weight excluding hydrogens is 243 g/mol.